The summed E-state index contributed by atoms with van der Waals surface area (Å²) >= 11 is 0. The third-order valence-corrected chi connectivity index (χ3v) is 5.28. The van der Waals surface area contributed by atoms with Crippen molar-refractivity contribution < 1.29 is 4.39 Å². The lowest BCUT2D eigenvalue weighted by Gasteiger charge is -2.21. The van der Waals surface area contributed by atoms with Crippen LogP contribution in [0.2, 0.25) is 0 Å². The Balaban J connectivity index is 1.67. The molecule has 1 atom stereocenters. The average Bonchev–Trinajstić information content (AvgIpc) is 3.26. The summed E-state index contributed by atoms with van der Waals surface area (Å²) in [6, 6.07) is 5.51. The fraction of sp³-hybridized carbons (Fsp3) is 0.435. The van der Waals surface area contributed by atoms with E-state index in [4.69, 9.17) is 0 Å². The molecule has 1 aromatic carbocycles. The van der Waals surface area contributed by atoms with Crippen LogP contribution in [-0.4, -0.2) is 37.9 Å². The number of halogens is 1. The topological polar surface area (TPSA) is 40.3 Å². The van der Waals surface area contributed by atoms with Crippen LogP contribution in [0.3, 0.4) is 0 Å². The molecule has 0 amide bonds. The number of benzene rings is 1. The molecule has 0 bridgehead atoms. The van der Waals surface area contributed by atoms with Crippen LogP contribution in [0.1, 0.15) is 51.0 Å². The van der Waals surface area contributed by atoms with E-state index in [1.165, 1.54) is 0 Å². The summed E-state index contributed by atoms with van der Waals surface area (Å²) < 4.78 is 14.3. The maximum Gasteiger partial charge on any atom is 0.172 e. The highest BCUT2D eigenvalue weighted by Crippen LogP contribution is 2.30. The van der Waals surface area contributed by atoms with Crippen molar-refractivity contribution in [1.29, 1.82) is 0 Å². The van der Waals surface area contributed by atoms with Crippen molar-refractivity contribution >= 4 is 24.0 Å². The van der Waals surface area contributed by atoms with Gasteiger partial charge >= 0.3 is 0 Å². The van der Waals surface area contributed by atoms with E-state index in [2.05, 4.69) is 39.5 Å². The standard InChI is InChI=1S/C23H29FN4/c1-4-19(16-27-18(3)23-25-10-7-11-26-23)14-17(2)20-8-9-21(24)22(15-20)28-12-5-6-13-28/h4,8-10,15-17H,3,5-7,11-14H2,1-2H3/b19-4-,27-16-. The van der Waals surface area contributed by atoms with Gasteiger partial charge in [0.1, 0.15) is 11.5 Å². The van der Waals surface area contributed by atoms with Crippen molar-refractivity contribution in [2.24, 2.45) is 15.0 Å². The van der Waals surface area contributed by atoms with E-state index >= 15 is 0 Å². The average molecular weight is 381 g/mol. The van der Waals surface area contributed by atoms with Gasteiger partial charge in [-0.15, -0.1) is 0 Å². The number of nitrogens with zero attached hydrogens (tertiary/aromatic N) is 4. The van der Waals surface area contributed by atoms with Crippen molar-refractivity contribution in [1.82, 2.24) is 0 Å². The van der Waals surface area contributed by atoms with Crippen LogP contribution < -0.4 is 4.90 Å². The number of allylic oxidation sites excluding steroid dienone is 2. The second-order valence-electron chi connectivity index (χ2n) is 7.38. The molecule has 1 fully saturated rings. The summed E-state index contributed by atoms with van der Waals surface area (Å²) in [6.45, 7) is 10.8. The maximum absolute atomic E-state index is 14.3. The summed E-state index contributed by atoms with van der Waals surface area (Å²) in [4.78, 5) is 15.2. The van der Waals surface area contributed by atoms with Gasteiger partial charge in [0.05, 0.1) is 5.69 Å². The monoisotopic (exact) mass is 380 g/mol. The van der Waals surface area contributed by atoms with E-state index in [1.54, 1.807) is 6.07 Å². The Hall–Kier alpha value is -2.56. The first kappa shape index (κ1) is 20.2. The molecule has 1 unspecified atom stereocenters. The predicted octanol–water partition coefficient (Wildman–Crippen LogP) is 5.32. The van der Waals surface area contributed by atoms with Gasteiger partial charge in [-0.25, -0.2) is 9.38 Å². The Morgan fingerprint density at radius 3 is 2.82 bits per heavy atom. The molecule has 28 heavy (non-hydrogen) atoms. The van der Waals surface area contributed by atoms with E-state index in [0.29, 0.717) is 11.5 Å². The van der Waals surface area contributed by atoms with Crippen LogP contribution >= 0.6 is 0 Å². The predicted molar refractivity (Wildman–Crippen MR) is 118 cm³/mol. The second kappa shape index (κ2) is 9.58. The fourth-order valence-corrected chi connectivity index (χ4v) is 3.56. The Labute approximate surface area is 167 Å². The SMILES string of the molecule is C=C(/N=C\C(=C/C)CC(C)c1ccc(F)c(N2CCCC2)c1)C1=NCCC=N1. The van der Waals surface area contributed by atoms with Crippen LogP contribution in [0.15, 0.2) is 57.1 Å². The van der Waals surface area contributed by atoms with Gasteiger partial charge in [0, 0.05) is 38.5 Å². The highest BCUT2D eigenvalue weighted by molar-refractivity contribution is 6.04. The molecular weight excluding hydrogens is 351 g/mol. The zero-order chi connectivity index (χ0) is 19.9. The van der Waals surface area contributed by atoms with E-state index in [1.807, 2.05) is 31.5 Å². The zero-order valence-electron chi connectivity index (χ0n) is 16.9. The third-order valence-electron chi connectivity index (χ3n) is 5.28. The molecule has 3 rings (SSSR count). The van der Waals surface area contributed by atoms with Crippen molar-refractivity contribution in [2.75, 3.05) is 24.5 Å². The number of rotatable bonds is 7. The van der Waals surface area contributed by atoms with E-state index in [-0.39, 0.29) is 11.7 Å². The van der Waals surface area contributed by atoms with Gasteiger partial charge in [-0.05, 0) is 55.4 Å². The third kappa shape index (κ3) is 5.03. The maximum atomic E-state index is 14.3. The molecule has 0 saturated carbocycles. The van der Waals surface area contributed by atoms with Crippen molar-refractivity contribution in [3.8, 4) is 0 Å². The van der Waals surface area contributed by atoms with Crippen LogP contribution in [0.25, 0.3) is 0 Å². The normalized spacial score (nSPS) is 18.6. The second-order valence-corrected chi connectivity index (χ2v) is 7.38. The Bertz CT molecular complexity index is 829. The number of hydrogen-bond acceptors (Lipinski definition) is 4. The fourth-order valence-electron chi connectivity index (χ4n) is 3.56. The first-order chi connectivity index (χ1) is 13.6. The first-order valence-electron chi connectivity index (χ1n) is 10.1. The van der Waals surface area contributed by atoms with Crippen molar-refractivity contribution in [3.63, 3.8) is 0 Å². The number of anilines is 1. The molecule has 2 aliphatic rings. The molecule has 0 aromatic heterocycles. The summed E-state index contributed by atoms with van der Waals surface area (Å²) in [5, 5.41) is 0. The van der Waals surface area contributed by atoms with Gasteiger partial charge in [0.25, 0.3) is 0 Å². The smallest absolute Gasteiger partial charge is 0.172 e. The molecule has 4 nitrogen and oxygen atoms in total. The summed E-state index contributed by atoms with van der Waals surface area (Å²) in [5.74, 6) is 0.744. The minimum atomic E-state index is -0.129. The van der Waals surface area contributed by atoms with E-state index in [9.17, 15) is 4.39 Å². The quantitative estimate of drug-likeness (QED) is 0.590. The lowest BCUT2D eigenvalue weighted by atomic mass is 9.93. The van der Waals surface area contributed by atoms with Gasteiger partial charge in [0.2, 0.25) is 0 Å². The highest BCUT2D eigenvalue weighted by Gasteiger charge is 2.18. The van der Waals surface area contributed by atoms with Crippen molar-refractivity contribution in [2.45, 2.75) is 45.4 Å². The largest absolute Gasteiger partial charge is 0.369 e. The molecule has 0 spiro atoms. The highest BCUT2D eigenvalue weighted by atomic mass is 19.1. The Kier molecular flexibility index (Phi) is 6.90. The summed E-state index contributed by atoms with van der Waals surface area (Å²) in [6.07, 6.45) is 9.73. The summed E-state index contributed by atoms with van der Waals surface area (Å²) in [5.41, 5.74) is 3.58. The van der Waals surface area contributed by atoms with Crippen LogP contribution in [0.5, 0.6) is 0 Å². The van der Waals surface area contributed by atoms with Gasteiger partial charge in [-0.3, -0.25) is 9.98 Å². The molecule has 1 aromatic rings. The molecule has 2 aliphatic heterocycles. The number of hydrogen-bond donors (Lipinski definition) is 0. The molecule has 148 valence electrons. The van der Waals surface area contributed by atoms with Crippen LogP contribution in [-0.2, 0) is 0 Å². The first-order valence-corrected chi connectivity index (χ1v) is 10.1. The van der Waals surface area contributed by atoms with Gasteiger partial charge in [0.15, 0.2) is 5.84 Å². The Morgan fingerprint density at radius 2 is 2.14 bits per heavy atom. The van der Waals surface area contributed by atoms with Gasteiger partial charge < -0.3 is 4.90 Å². The molecule has 0 N–H and O–H groups in total. The summed E-state index contributed by atoms with van der Waals surface area (Å²) in [7, 11) is 0. The molecule has 0 radical (unpaired) electrons. The zero-order valence-corrected chi connectivity index (χ0v) is 16.9. The molecule has 5 heteroatoms. The minimum Gasteiger partial charge on any atom is -0.369 e. The molecular formula is C23H29FN4. The minimum absolute atomic E-state index is 0.129. The van der Waals surface area contributed by atoms with Crippen LogP contribution in [0, 0.1) is 5.82 Å². The van der Waals surface area contributed by atoms with Gasteiger partial charge in [-0.2, -0.15) is 0 Å². The number of aliphatic imine (C=N–C) groups is 3. The molecule has 2 heterocycles. The van der Waals surface area contributed by atoms with E-state index in [0.717, 1.165) is 62.1 Å². The van der Waals surface area contributed by atoms with Crippen LogP contribution in [0.4, 0.5) is 10.1 Å². The number of amidine groups is 1. The van der Waals surface area contributed by atoms with Crippen molar-refractivity contribution in [3.05, 3.63) is 53.5 Å². The lowest BCUT2D eigenvalue weighted by molar-refractivity contribution is 0.620. The Morgan fingerprint density at radius 1 is 1.36 bits per heavy atom. The molecule has 1 saturated heterocycles. The van der Waals surface area contributed by atoms with Gasteiger partial charge in [-0.1, -0.05) is 25.6 Å². The van der Waals surface area contributed by atoms with E-state index < -0.39 is 0 Å². The lowest BCUT2D eigenvalue weighted by Crippen LogP contribution is -2.19. The molecule has 0 aliphatic carbocycles.